The molecule has 0 aromatic carbocycles. The van der Waals surface area contributed by atoms with E-state index in [1.807, 2.05) is 20.0 Å². The highest BCUT2D eigenvalue weighted by molar-refractivity contribution is 9.10. The van der Waals surface area contributed by atoms with Crippen LogP contribution in [0.2, 0.25) is 0 Å². The van der Waals surface area contributed by atoms with Crippen molar-refractivity contribution in [2.24, 2.45) is 0 Å². The number of nitrogens with one attached hydrogen (secondary N) is 1. The van der Waals surface area contributed by atoms with E-state index in [4.69, 9.17) is 0 Å². The van der Waals surface area contributed by atoms with E-state index in [-0.39, 0.29) is 29.3 Å². The monoisotopic (exact) mass is 447 g/mol. The third-order valence-electron chi connectivity index (χ3n) is 4.56. The highest BCUT2D eigenvalue weighted by atomic mass is 79.9. The van der Waals surface area contributed by atoms with Gasteiger partial charge < -0.3 is 5.32 Å². The molecule has 27 heavy (non-hydrogen) atoms. The number of halogens is 4. The quantitative estimate of drug-likeness (QED) is 0.702. The van der Waals surface area contributed by atoms with Crippen molar-refractivity contribution in [3.8, 4) is 0 Å². The lowest BCUT2D eigenvalue weighted by atomic mass is 10.2. The van der Waals surface area contributed by atoms with Gasteiger partial charge in [-0.25, -0.2) is 0 Å². The number of hydrogen-bond donors (Lipinski definition) is 1. The lowest BCUT2D eigenvalue weighted by molar-refractivity contribution is -0.142. The molecule has 0 saturated heterocycles. The first kappa shape index (κ1) is 19.9. The van der Waals surface area contributed by atoms with Gasteiger partial charge in [-0.15, -0.1) is 0 Å². The van der Waals surface area contributed by atoms with Crippen molar-refractivity contribution in [2.75, 3.05) is 0 Å². The highest BCUT2D eigenvalue weighted by Crippen LogP contribution is 2.46. The summed E-state index contributed by atoms with van der Waals surface area (Å²) in [6.07, 6.45) is -0.900. The van der Waals surface area contributed by atoms with E-state index in [0.717, 1.165) is 30.6 Å². The molecule has 2 aromatic rings. The SMILES string of the molecule is CCn1cc(CNC(=O)CCn2nc(C(F)(F)F)c(Br)c2C2CC2)c(C)n1. The van der Waals surface area contributed by atoms with E-state index in [0.29, 0.717) is 12.2 Å². The molecule has 1 fully saturated rings. The average Bonchev–Trinajstić information content (AvgIpc) is 3.27. The first-order valence-electron chi connectivity index (χ1n) is 8.83. The van der Waals surface area contributed by atoms with Crippen LogP contribution in [0.5, 0.6) is 0 Å². The Kier molecular flexibility index (Phi) is 5.64. The predicted octanol–water partition coefficient (Wildman–Crippen LogP) is 3.77. The first-order chi connectivity index (χ1) is 12.7. The Bertz CT molecular complexity index is 838. The zero-order chi connectivity index (χ0) is 19.8. The summed E-state index contributed by atoms with van der Waals surface area (Å²) >= 11 is 3.05. The summed E-state index contributed by atoms with van der Waals surface area (Å²) in [5.74, 6) is -0.158. The van der Waals surface area contributed by atoms with Gasteiger partial charge in [0.25, 0.3) is 0 Å². The largest absolute Gasteiger partial charge is 0.436 e. The van der Waals surface area contributed by atoms with Crippen LogP contribution in [0, 0.1) is 6.92 Å². The van der Waals surface area contributed by atoms with Crippen LogP contribution in [0.3, 0.4) is 0 Å². The minimum absolute atomic E-state index is 0.000475. The van der Waals surface area contributed by atoms with E-state index in [9.17, 15) is 18.0 Å². The van der Waals surface area contributed by atoms with Crippen LogP contribution in [0.4, 0.5) is 13.2 Å². The number of alkyl halides is 3. The summed E-state index contributed by atoms with van der Waals surface area (Å²) in [6, 6.07) is 0. The maximum Gasteiger partial charge on any atom is 0.436 e. The molecule has 0 atom stereocenters. The van der Waals surface area contributed by atoms with Crippen LogP contribution >= 0.6 is 15.9 Å². The molecule has 10 heteroatoms. The van der Waals surface area contributed by atoms with Crippen LogP contribution in [0.1, 0.15) is 54.7 Å². The predicted molar refractivity (Wildman–Crippen MR) is 96.0 cm³/mol. The van der Waals surface area contributed by atoms with E-state index in [1.165, 1.54) is 4.68 Å². The minimum atomic E-state index is -4.52. The fourth-order valence-corrected chi connectivity index (χ4v) is 3.77. The number of carbonyl (C=O) groups is 1. The molecule has 3 rings (SSSR count). The Hall–Kier alpha value is -1.84. The number of amides is 1. The third-order valence-corrected chi connectivity index (χ3v) is 5.34. The van der Waals surface area contributed by atoms with Gasteiger partial charge in [0.1, 0.15) is 0 Å². The van der Waals surface area contributed by atoms with Crippen LogP contribution in [-0.2, 0) is 30.6 Å². The molecule has 1 N–H and O–H groups in total. The molecule has 1 aliphatic rings. The lowest BCUT2D eigenvalue weighted by Gasteiger charge is -2.08. The molecule has 2 heterocycles. The molecule has 1 saturated carbocycles. The highest BCUT2D eigenvalue weighted by Gasteiger charge is 2.41. The zero-order valence-corrected chi connectivity index (χ0v) is 16.7. The van der Waals surface area contributed by atoms with Crippen molar-refractivity contribution < 1.29 is 18.0 Å². The van der Waals surface area contributed by atoms with E-state index >= 15 is 0 Å². The molecule has 6 nitrogen and oxygen atoms in total. The number of hydrogen-bond acceptors (Lipinski definition) is 3. The van der Waals surface area contributed by atoms with Crippen molar-refractivity contribution in [1.82, 2.24) is 24.9 Å². The number of carbonyl (C=O) groups excluding carboxylic acids is 1. The second kappa shape index (κ2) is 7.65. The molecule has 0 unspecified atom stereocenters. The van der Waals surface area contributed by atoms with Crippen LogP contribution in [-0.4, -0.2) is 25.5 Å². The third kappa shape index (κ3) is 4.53. The Labute approximate surface area is 163 Å². The average molecular weight is 448 g/mol. The zero-order valence-electron chi connectivity index (χ0n) is 15.1. The lowest BCUT2D eigenvalue weighted by Crippen LogP contribution is -2.24. The normalized spacial score (nSPS) is 14.6. The molecule has 2 aromatic heterocycles. The molecule has 148 valence electrons. The second-order valence-corrected chi connectivity index (χ2v) is 7.46. The van der Waals surface area contributed by atoms with E-state index in [2.05, 4.69) is 31.4 Å². The molecule has 0 radical (unpaired) electrons. The summed E-state index contributed by atoms with van der Waals surface area (Å²) in [6.45, 7) is 5.05. The molecule has 0 spiro atoms. The summed E-state index contributed by atoms with van der Waals surface area (Å²) in [5, 5.41) is 10.8. The van der Waals surface area contributed by atoms with Gasteiger partial charge in [0.2, 0.25) is 5.91 Å². The standard InChI is InChI=1S/C17H21BrF3N5O/c1-3-25-9-12(10(2)23-25)8-22-13(27)6-7-26-15(11-4-5-11)14(18)16(24-26)17(19,20)21/h9,11H,3-8H2,1-2H3,(H,22,27). The second-order valence-electron chi connectivity index (χ2n) is 6.67. The van der Waals surface area contributed by atoms with Crippen LogP contribution < -0.4 is 5.32 Å². The summed E-state index contributed by atoms with van der Waals surface area (Å²) in [5.41, 5.74) is 1.38. The van der Waals surface area contributed by atoms with Gasteiger partial charge in [0, 0.05) is 37.2 Å². The Morgan fingerprint density at radius 3 is 2.63 bits per heavy atom. The topological polar surface area (TPSA) is 64.7 Å². The van der Waals surface area contributed by atoms with Gasteiger partial charge in [0.05, 0.1) is 22.4 Å². The van der Waals surface area contributed by atoms with E-state index in [1.54, 1.807) is 4.68 Å². The van der Waals surface area contributed by atoms with Crippen molar-refractivity contribution >= 4 is 21.8 Å². The fraction of sp³-hybridized carbons (Fsp3) is 0.588. The summed E-state index contributed by atoms with van der Waals surface area (Å²) < 4.78 is 42.4. The van der Waals surface area contributed by atoms with Gasteiger partial charge in [-0.05, 0) is 42.6 Å². The van der Waals surface area contributed by atoms with E-state index < -0.39 is 11.9 Å². The van der Waals surface area contributed by atoms with Gasteiger partial charge in [-0.2, -0.15) is 23.4 Å². The van der Waals surface area contributed by atoms with Crippen LogP contribution in [0.15, 0.2) is 10.7 Å². The van der Waals surface area contributed by atoms with Crippen molar-refractivity contribution in [2.45, 2.75) is 64.8 Å². The summed E-state index contributed by atoms with van der Waals surface area (Å²) in [7, 11) is 0. The van der Waals surface area contributed by atoms with Crippen molar-refractivity contribution in [3.05, 3.63) is 33.3 Å². The number of aromatic nitrogens is 4. The van der Waals surface area contributed by atoms with Crippen molar-refractivity contribution in [3.63, 3.8) is 0 Å². The number of aryl methyl sites for hydroxylation is 3. The Morgan fingerprint density at radius 2 is 2.07 bits per heavy atom. The maximum atomic E-state index is 13.1. The number of rotatable bonds is 7. The molecule has 1 amide bonds. The summed E-state index contributed by atoms with van der Waals surface area (Å²) in [4.78, 5) is 12.1. The molecule has 1 aliphatic carbocycles. The molecule has 0 bridgehead atoms. The maximum absolute atomic E-state index is 13.1. The first-order valence-corrected chi connectivity index (χ1v) is 9.63. The van der Waals surface area contributed by atoms with Gasteiger partial charge in [0.15, 0.2) is 5.69 Å². The minimum Gasteiger partial charge on any atom is -0.352 e. The Morgan fingerprint density at radius 1 is 1.37 bits per heavy atom. The Balaban J connectivity index is 1.62. The molecule has 0 aliphatic heterocycles. The fourth-order valence-electron chi connectivity index (χ4n) is 2.94. The number of nitrogens with zero attached hydrogens (tertiary/aromatic N) is 4. The smallest absolute Gasteiger partial charge is 0.352 e. The van der Waals surface area contributed by atoms with Crippen molar-refractivity contribution in [1.29, 1.82) is 0 Å². The van der Waals surface area contributed by atoms with Gasteiger partial charge >= 0.3 is 6.18 Å². The van der Waals surface area contributed by atoms with Gasteiger partial charge in [-0.3, -0.25) is 14.2 Å². The molecular formula is C17H21BrF3N5O. The van der Waals surface area contributed by atoms with Crippen LogP contribution in [0.25, 0.3) is 0 Å². The molecular weight excluding hydrogens is 427 g/mol. The van der Waals surface area contributed by atoms with Gasteiger partial charge in [-0.1, -0.05) is 0 Å².